The van der Waals surface area contributed by atoms with Gasteiger partial charge in [0, 0.05) is 11.8 Å². The molecule has 1 aromatic heterocycles. The second kappa shape index (κ2) is 4.54. The van der Waals surface area contributed by atoms with Crippen molar-refractivity contribution >= 4 is 0 Å². The minimum absolute atomic E-state index is 0.0846. The summed E-state index contributed by atoms with van der Waals surface area (Å²) < 4.78 is 0. The molecule has 84 valence electrons. The van der Waals surface area contributed by atoms with Gasteiger partial charge in [-0.15, -0.1) is 0 Å². The molecule has 16 heavy (non-hydrogen) atoms. The molecule has 0 saturated carbocycles. The number of aliphatic hydroxyl groups excluding tert-OH is 1. The molecule has 2 heteroatoms. The van der Waals surface area contributed by atoms with Gasteiger partial charge in [0.1, 0.15) is 0 Å². The smallest absolute Gasteiger partial charge is 0.0705 e. The van der Waals surface area contributed by atoms with Crippen molar-refractivity contribution in [3.05, 3.63) is 47.7 Å². The maximum atomic E-state index is 9.48. The Morgan fingerprint density at radius 2 is 1.88 bits per heavy atom. The predicted molar refractivity (Wildman–Crippen MR) is 66.2 cm³/mol. The van der Waals surface area contributed by atoms with Crippen LogP contribution in [0.1, 0.15) is 30.9 Å². The Kier molecular flexibility index (Phi) is 3.11. The van der Waals surface area contributed by atoms with E-state index in [4.69, 9.17) is 0 Å². The topological polar surface area (TPSA) is 36.0 Å². The van der Waals surface area contributed by atoms with Crippen LogP contribution < -0.4 is 0 Å². The number of benzene rings is 1. The Morgan fingerprint density at radius 1 is 1.19 bits per heavy atom. The summed E-state index contributed by atoms with van der Waals surface area (Å²) in [5.41, 5.74) is 4.37. The van der Waals surface area contributed by atoms with Crippen molar-refractivity contribution in [1.82, 2.24) is 4.98 Å². The third-order valence-electron chi connectivity index (χ3n) is 2.86. The van der Waals surface area contributed by atoms with Gasteiger partial charge in [-0.05, 0) is 17.0 Å². The summed E-state index contributed by atoms with van der Waals surface area (Å²) in [7, 11) is 0. The highest BCUT2D eigenvalue weighted by Gasteiger charge is 2.13. The number of aliphatic hydroxyl groups is 1. The predicted octanol–water partition coefficient (Wildman–Crippen LogP) is 3.30. The first-order chi connectivity index (χ1) is 7.74. The molecular formula is C14H17NO. The SMILES string of the molecule is CC(C)c1c[nH]c(-c2ccccc2)c1CO. The summed E-state index contributed by atoms with van der Waals surface area (Å²) >= 11 is 0. The minimum Gasteiger partial charge on any atom is -0.392 e. The van der Waals surface area contributed by atoms with Gasteiger partial charge >= 0.3 is 0 Å². The normalized spacial score (nSPS) is 11.0. The van der Waals surface area contributed by atoms with Gasteiger partial charge in [-0.1, -0.05) is 44.2 Å². The zero-order chi connectivity index (χ0) is 11.5. The second-order valence-corrected chi connectivity index (χ2v) is 4.28. The quantitative estimate of drug-likeness (QED) is 0.809. The first-order valence-electron chi connectivity index (χ1n) is 5.60. The molecule has 0 aliphatic rings. The van der Waals surface area contributed by atoms with Gasteiger partial charge < -0.3 is 10.1 Å². The largest absolute Gasteiger partial charge is 0.392 e. The third kappa shape index (κ3) is 1.89. The summed E-state index contributed by atoms with van der Waals surface area (Å²) in [6.45, 7) is 4.36. The molecular weight excluding hydrogens is 198 g/mol. The standard InChI is InChI=1S/C14H17NO/c1-10(2)12-8-15-14(13(12)9-16)11-6-4-3-5-7-11/h3-8,10,15-16H,9H2,1-2H3. The molecule has 0 spiro atoms. The molecule has 2 rings (SSSR count). The van der Waals surface area contributed by atoms with Gasteiger partial charge in [0.15, 0.2) is 0 Å². The lowest BCUT2D eigenvalue weighted by molar-refractivity contribution is 0.281. The van der Waals surface area contributed by atoms with E-state index in [-0.39, 0.29) is 6.61 Å². The van der Waals surface area contributed by atoms with E-state index in [1.54, 1.807) is 0 Å². The van der Waals surface area contributed by atoms with Gasteiger partial charge in [0.2, 0.25) is 0 Å². The monoisotopic (exact) mass is 215 g/mol. The summed E-state index contributed by atoms with van der Waals surface area (Å²) in [5, 5.41) is 9.48. The fraction of sp³-hybridized carbons (Fsp3) is 0.286. The molecule has 0 fully saturated rings. The lowest BCUT2D eigenvalue weighted by atomic mass is 9.99. The molecule has 0 atom stereocenters. The van der Waals surface area contributed by atoms with E-state index in [1.807, 2.05) is 24.4 Å². The summed E-state index contributed by atoms with van der Waals surface area (Å²) in [6, 6.07) is 10.1. The van der Waals surface area contributed by atoms with Crippen molar-refractivity contribution in [3.63, 3.8) is 0 Å². The number of hydrogen-bond donors (Lipinski definition) is 2. The zero-order valence-corrected chi connectivity index (χ0v) is 9.70. The minimum atomic E-state index is 0.0846. The van der Waals surface area contributed by atoms with E-state index in [1.165, 1.54) is 5.56 Å². The molecule has 2 aromatic rings. The summed E-state index contributed by atoms with van der Waals surface area (Å²) in [5.74, 6) is 0.427. The zero-order valence-electron chi connectivity index (χ0n) is 9.70. The van der Waals surface area contributed by atoms with Crippen LogP contribution in [0, 0.1) is 0 Å². The van der Waals surface area contributed by atoms with Crippen LogP contribution in [0.3, 0.4) is 0 Å². The van der Waals surface area contributed by atoms with E-state index in [0.29, 0.717) is 5.92 Å². The molecule has 0 aliphatic carbocycles. The first kappa shape index (κ1) is 11.0. The van der Waals surface area contributed by atoms with E-state index in [0.717, 1.165) is 16.8 Å². The Balaban J connectivity index is 2.50. The summed E-state index contributed by atoms with van der Waals surface area (Å²) in [6.07, 6.45) is 2.00. The number of nitrogens with one attached hydrogen (secondary N) is 1. The number of aromatic nitrogens is 1. The van der Waals surface area contributed by atoms with Gasteiger partial charge in [0.05, 0.1) is 12.3 Å². The van der Waals surface area contributed by atoms with Gasteiger partial charge in [-0.2, -0.15) is 0 Å². The van der Waals surface area contributed by atoms with Crippen molar-refractivity contribution in [2.75, 3.05) is 0 Å². The fourth-order valence-corrected chi connectivity index (χ4v) is 2.02. The van der Waals surface area contributed by atoms with Crippen LogP contribution in [0.5, 0.6) is 0 Å². The average Bonchev–Trinajstić information content (AvgIpc) is 2.73. The van der Waals surface area contributed by atoms with Crippen molar-refractivity contribution in [2.24, 2.45) is 0 Å². The number of hydrogen-bond acceptors (Lipinski definition) is 1. The van der Waals surface area contributed by atoms with Crippen LogP contribution >= 0.6 is 0 Å². The van der Waals surface area contributed by atoms with Crippen molar-refractivity contribution in [1.29, 1.82) is 0 Å². The van der Waals surface area contributed by atoms with Crippen molar-refractivity contribution in [3.8, 4) is 11.3 Å². The van der Waals surface area contributed by atoms with Crippen LogP contribution in [0.15, 0.2) is 36.5 Å². The van der Waals surface area contributed by atoms with Crippen LogP contribution in [0.2, 0.25) is 0 Å². The van der Waals surface area contributed by atoms with Crippen LogP contribution in [0.4, 0.5) is 0 Å². The number of rotatable bonds is 3. The van der Waals surface area contributed by atoms with Gasteiger partial charge in [0.25, 0.3) is 0 Å². The Bertz CT molecular complexity index is 457. The lowest BCUT2D eigenvalue weighted by Gasteiger charge is -2.07. The average molecular weight is 215 g/mol. The Morgan fingerprint density at radius 3 is 2.44 bits per heavy atom. The van der Waals surface area contributed by atoms with Crippen molar-refractivity contribution < 1.29 is 5.11 Å². The molecule has 1 aromatic carbocycles. The Hall–Kier alpha value is -1.54. The number of aromatic amines is 1. The highest BCUT2D eigenvalue weighted by molar-refractivity contribution is 5.65. The maximum absolute atomic E-state index is 9.48. The summed E-state index contributed by atoms with van der Waals surface area (Å²) in [4.78, 5) is 3.26. The number of H-pyrrole nitrogens is 1. The maximum Gasteiger partial charge on any atom is 0.0705 e. The van der Waals surface area contributed by atoms with E-state index >= 15 is 0 Å². The molecule has 2 nitrogen and oxygen atoms in total. The second-order valence-electron chi connectivity index (χ2n) is 4.28. The van der Waals surface area contributed by atoms with Crippen LogP contribution in [-0.2, 0) is 6.61 Å². The molecule has 2 N–H and O–H groups in total. The van der Waals surface area contributed by atoms with Crippen LogP contribution in [0.25, 0.3) is 11.3 Å². The first-order valence-corrected chi connectivity index (χ1v) is 5.60. The molecule has 0 bridgehead atoms. The van der Waals surface area contributed by atoms with Crippen LogP contribution in [-0.4, -0.2) is 10.1 Å². The molecule has 0 amide bonds. The van der Waals surface area contributed by atoms with E-state index < -0.39 is 0 Å². The van der Waals surface area contributed by atoms with E-state index in [9.17, 15) is 5.11 Å². The van der Waals surface area contributed by atoms with E-state index in [2.05, 4.69) is 31.0 Å². The molecule has 0 aliphatic heterocycles. The lowest BCUT2D eigenvalue weighted by Crippen LogP contribution is -1.93. The van der Waals surface area contributed by atoms with Gasteiger partial charge in [-0.25, -0.2) is 0 Å². The molecule has 1 heterocycles. The third-order valence-corrected chi connectivity index (χ3v) is 2.86. The highest BCUT2D eigenvalue weighted by atomic mass is 16.3. The van der Waals surface area contributed by atoms with Crippen molar-refractivity contribution in [2.45, 2.75) is 26.4 Å². The molecule has 0 radical (unpaired) electrons. The van der Waals surface area contributed by atoms with Gasteiger partial charge in [-0.3, -0.25) is 0 Å². The molecule has 0 saturated heterocycles. The Labute approximate surface area is 96.0 Å². The molecule has 0 unspecified atom stereocenters. The fourth-order valence-electron chi connectivity index (χ4n) is 2.02. The highest BCUT2D eigenvalue weighted by Crippen LogP contribution is 2.29.